The molecule has 0 atom stereocenters. The number of para-hydroxylation sites is 1. The van der Waals surface area contributed by atoms with E-state index in [0.717, 1.165) is 5.69 Å². The minimum Gasteiger partial charge on any atom is -0.369 e. The molecule has 0 bridgehead atoms. The average molecular weight is 351 g/mol. The predicted octanol–water partition coefficient (Wildman–Crippen LogP) is 2.99. The number of nitrogens with zero attached hydrogens (tertiary/aromatic N) is 2. The molecule has 1 heterocycles. The summed E-state index contributed by atoms with van der Waals surface area (Å²) in [6, 6.07) is 17.2. The van der Waals surface area contributed by atoms with Gasteiger partial charge in [0.25, 0.3) is 0 Å². The summed E-state index contributed by atoms with van der Waals surface area (Å²) in [5.41, 5.74) is 1.79. The maximum atomic E-state index is 12.6. The van der Waals surface area contributed by atoms with Crippen molar-refractivity contribution in [1.82, 2.24) is 4.31 Å². The van der Waals surface area contributed by atoms with Crippen LogP contribution in [-0.4, -0.2) is 38.9 Å². The van der Waals surface area contributed by atoms with Gasteiger partial charge in [0.2, 0.25) is 10.0 Å². The third kappa shape index (κ3) is 3.86. The summed E-state index contributed by atoms with van der Waals surface area (Å²) < 4.78 is 26.8. The molecule has 1 aliphatic heterocycles. The van der Waals surface area contributed by atoms with E-state index in [-0.39, 0.29) is 5.75 Å². The van der Waals surface area contributed by atoms with Crippen LogP contribution in [0.5, 0.6) is 0 Å². The molecule has 3 rings (SSSR count). The van der Waals surface area contributed by atoms with Gasteiger partial charge in [0, 0.05) is 36.9 Å². The molecule has 0 N–H and O–H groups in total. The Kier molecular flexibility index (Phi) is 4.90. The van der Waals surface area contributed by atoms with Crippen LogP contribution in [0.15, 0.2) is 54.6 Å². The number of hydrogen-bond donors (Lipinski definition) is 0. The van der Waals surface area contributed by atoms with Crippen LogP contribution in [0.3, 0.4) is 0 Å². The lowest BCUT2D eigenvalue weighted by atomic mass is 10.2. The number of sulfonamides is 1. The van der Waals surface area contributed by atoms with Gasteiger partial charge in [-0.3, -0.25) is 0 Å². The van der Waals surface area contributed by atoms with Gasteiger partial charge in [-0.1, -0.05) is 48.0 Å². The van der Waals surface area contributed by atoms with E-state index in [1.165, 1.54) is 0 Å². The molecule has 1 fully saturated rings. The minimum atomic E-state index is -3.34. The van der Waals surface area contributed by atoms with Gasteiger partial charge in [0.15, 0.2) is 0 Å². The van der Waals surface area contributed by atoms with Gasteiger partial charge in [-0.25, -0.2) is 8.42 Å². The molecule has 23 heavy (non-hydrogen) atoms. The van der Waals surface area contributed by atoms with Crippen LogP contribution in [0.1, 0.15) is 5.56 Å². The molecule has 0 unspecified atom stereocenters. The Labute approximate surface area is 142 Å². The molecular formula is C17H19ClN2O2S. The molecule has 0 aliphatic carbocycles. The first-order valence-electron chi connectivity index (χ1n) is 7.57. The molecule has 1 saturated heterocycles. The van der Waals surface area contributed by atoms with Crippen molar-refractivity contribution in [2.45, 2.75) is 5.75 Å². The average Bonchev–Trinajstić information content (AvgIpc) is 2.58. The number of halogens is 1. The fraction of sp³-hybridized carbons (Fsp3) is 0.294. The van der Waals surface area contributed by atoms with Crippen LogP contribution in [0.2, 0.25) is 5.02 Å². The molecule has 2 aromatic carbocycles. The first-order valence-corrected chi connectivity index (χ1v) is 9.56. The summed E-state index contributed by atoms with van der Waals surface area (Å²) in [5.74, 6) is -0.0436. The van der Waals surface area contributed by atoms with E-state index in [2.05, 4.69) is 4.90 Å². The van der Waals surface area contributed by atoms with Gasteiger partial charge in [-0.15, -0.1) is 0 Å². The summed E-state index contributed by atoms with van der Waals surface area (Å²) in [5, 5.41) is 0.499. The van der Waals surface area contributed by atoms with E-state index >= 15 is 0 Å². The smallest absolute Gasteiger partial charge is 0.218 e. The minimum absolute atomic E-state index is 0.0436. The van der Waals surface area contributed by atoms with Gasteiger partial charge in [0.05, 0.1) is 5.75 Å². The maximum absolute atomic E-state index is 12.6. The van der Waals surface area contributed by atoms with Crippen LogP contribution in [0.25, 0.3) is 0 Å². The Morgan fingerprint density at radius 3 is 2.13 bits per heavy atom. The SMILES string of the molecule is O=S(=O)(Cc1ccccc1Cl)N1CCN(c2ccccc2)CC1. The summed E-state index contributed by atoms with van der Waals surface area (Å²) in [4.78, 5) is 2.21. The topological polar surface area (TPSA) is 40.6 Å². The van der Waals surface area contributed by atoms with Crippen LogP contribution < -0.4 is 4.90 Å². The second kappa shape index (κ2) is 6.91. The third-order valence-electron chi connectivity index (χ3n) is 4.05. The number of anilines is 1. The lowest BCUT2D eigenvalue weighted by Gasteiger charge is -2.35. The monoisotopic (exact) mass is 350 g/mol. The molecule has 0 spiro atoms. The van der Waals surface area contributed by atoms with Gasteiger partial charge in [0.1, 0.15) is 0 Å². The molecule has 122 valence electrons. The zero-order valence-corrected chi connectivity index (χ0v) is 14.3. The summed E-state index contributed by atoms with van der Waals surface area (Å²) in [6.45, 7) is 2.40. The molecule has 0 aromatic heterocycles. The van der Waals surface area contributed by atoms with Crippen LogP contribution in [0.4, 0.5) is 5.69 Å². The lowest BCUT2D eigenvalue weighted by Crippen LogP contribution is -2.49. The largest absolute Gasteiger partial charge is 0.369 e. The molecule has 2 aromatic rings. The second-order valence-corrected chi connectivity index (χ2v) is 7.95. The first-order chi connectivity index (χ1) is 11.1. The number of hydrogen-bond acceptors (Lipinski definition) is 3. The fourth-order valence-electron chi connectivity index (χ4n) is 2.77. The van der Waals surface area contributed by atoms with Crippen molar-refractivity contribution in [3.8, 4) is 0 Å². The van der Waals surface area contributed by atoms with Gasteiger partial charge < -0.3 is 4.90 Å². The quantitative estimate of drug-likeness (QED) is 0.851. The van der Waals surface area contributed by atoms with Crippen LogP contribution in [-0.2, 0) is 15.8 Å². The summed E-state index contributed by atoms with van der Waals surface area (Å²) >= 11 is 6.08. The van der Waals surface area contributed by atoms with Gasteiger partial charge in [-0.2, -0.15) is 4.31 Å². The maximum Gasteiger partial charge on any atom is 0.218 e. The third-order valence-corrected chi connectivity index (χ3v) is 6.25. The molecule has 0 saturated carbocycles. The van der Waals surface area contributed by atoms with E-state index in [1.54, 1.807) is 22.5 Å². The highest BCUT2D eigenvalue weighted by atomic mass is 35.5. The fourth-order valence-corrected chi connectivity index (χ4v) is 4.60. The van der Waals surface area contributed by atoms with Crippen molar-refractivity contribution < 1.29 is 8.42 Å². The Morgan fingerprint density at radius 2 is 1.48 bits per heavy atom. The normalized spacial score (nSPS) is 16.5. The number of rotatable bonds is 4. The van der Waals surface area contributed by atoms with Crippen LogP contribution >= 0.6 is 11.6 Å². The van der Waals surface area contributed by atoms with E-state index in [9.17, 15) is 8.42 Å². The highest BCUT2D eigenvalue weighted by Crippen LogP contribution is 2.22. The number of piperazine rings is 1. The predicted molar refractivity (Wildman–Crippen MR) is 94.3 cm³/mol. The Balaban J connectivity index is 1.66. The summed E-state index contributed by atoms with van der Waals surface area (Å²) in [6.07, 6.45) is 0. The zero-order valence-electron chi connectivity index (χ0n) is 12.7. The Morgan fingerprint density at radius 1 is 0.870 bits per heavy atom. The number of benzene rings is 2. The Bertz CT molecular complexity index is 757. The first kappa shape index (κ1) is 16.3. The van der Waals surface area contributed by atoms with Crippen molar-refractivity contribution in [2.75, 3.05) is 31.1 Å². The van der Waals surface area contributed by atoms with E-state index < -0.39 is 10.0 Å². The van der Waals surface area contributed by atoms with Crippen molar-refractivity contribution >= 4 is 27.3 Å². The van der Waals surface area contributed by atoms with E-state index in [0.29, 0.717) is 36.8 Å². The van der Waals surface area contributed by atoms with Gasteiger partial charge >= 0.3 is 0 Å². The second-order valence-electron chi connectivity index (χ2n) is 5.57. The standard InChI is InChI=1S/C17H19ClN2O2S/c18-17-9-5-4-6-15(17)14-23(21,22)20-12-10-19(11-13-20)16-7-2-1-3-8-16/h1-9H,10-14H2. The molecule has 0 amide bonds. The summed E-state index contributed by atoms with van der Waals surface area (Å²) in [7, 11) is -3.34. The Hall–Kier alpha value is -1.56. The van der Waals surface area contributed by atoms with Gasteiger partial charge in [-0.05, 0) is 23.8 Å². The zero-order chi connectivity index (χ0) is 16.3. The van der Waals surface area contributed by atoms with E-state index in [4.69, 9.17) is 11.6 Å². The van der Waals surface area contributed by atoms with Crippen LogP contribution in [0, 0.1) is 0 Å². The highest BCUT2D eigenvalue weighted by Gasteiger charge is 2.27. The van der Waals surface area contributed by atoms with Crippen molar-refractivity contribution in [1.29, 1.82) is 0 Å². The lowest BCUT2D eigenvalue weighted by molar-refractivity contribution is 0.384. The highest BCUT2D eigenvalue weighted by molar-refractivity contribution is 7.88. The van der Waals surface area contributed by atoms with E-state index in [1.807, 2.05) is 36.4 Å². The molecular weight excluding hydrogens is 332 g/mol. The molecule has 4 nitrogen and oxygen atoms in total. The van der Waals surface area contributed by atoms with Crippen molar-refractivity contribution in [2.24, 2.45) is 0 Å². The van der Waals surface area contributed by atoms with Crippen molar-refractivity contribution in [3.63, 3.8) is 0 Å². The molecule has 6 heteroatoms. The molecule has 0 radical (unpaired) electrons. The molecule has 1 aliphatic rings. The van der Waals surface area contributed by atoms with Crippen molar-refractivity contribution in [3.05, 3.63) is 65.2 Å².